The number of aromatic nitrogens is 4. The average Bonchev–Trinajstić information content (AvgIpc) is 3.12. The van der Waals surface area contributed by atoms with Crippen LogP contribution in [0.3, 0.4) is 0 Å². The molecule has 3 rings (SSSR count). The van der Waals surface area contributed by atoms with Crippen LogP contribution in [0.5, 0.6) is 0 Å². The van der Waals surface area contributed by atoms with E-state index in [1.165, 1.54) is 0 Å². The highest BCUT2D eigenvalue weighted by atomic mass is 35.5. The number of hydrogen-bond acceptors (Lipinski definition) is 6. The molecule has 0 spiro atoms. The van der Waals surface area contributed by atoms with E-state index in [2.05, 4.69) is 20.3 Å². The summed E-state index contributed by atoms with van der Waals surface area (Å²) in [6.07, 6.45) is 4.82. The Labute approximate surface area is 131 Å². The van der Waals surface area contributed by atoms with Crippen molar-refractivity contribution in [3.8, 4) is 0 Å². The van der Waals surface area contributed by atoms with E-state index in [1.54, 1.807) is 6.33 Å². The van der Waals surface area contributed by atoms with E-state index in [9.17, 15) is 4.79 Å². The van der Waals surface area contributed by atoms with Gasteiger partial charge in [-0.2, -0.15) is 9.97 Å². The third-order valence-electron chi connectivity index (χ3n) is 3.98. The van der Waals surface area contributed by atoms with E-state index in [1.807, 2.05) is 17.0 Å². The molecule has 2 aromatic rings. The fourth-order valence-electron chi connectivity index (χ4n) is 2.91. The van der Waals surface area contributed by atoms with Crippen LogP contribution < -0.4 is 10.8 Å². The SMILES string of the molecule is CCC(=O)N[C@@H]1CC[C@H](n2cnc3c(NO)nc(Cl)nc32)C1. The van der Waals surface area contributed by atoms with Gasteiger partial charge < -0.3 is 9.88 Å². The quantitative estimate of drug-likeness (QED) is 0.586. The van der Waals surface area contributed by atoms with Crippen LogP contribution in [0.2, 0.25) is 5.28 Å². The van der Waals surface area contributed by atoms with Crippen LogP contribution in [0, 0.1) is 0 Å². The van der Waals surface area contributed by atoms with Crippen LogP contribution in [-0.2, 0) is 4.79 Å². The zero-order valence-electron chi connectivity index (χ0n) is 12.1. The van der Waals surface area contributed by atoms with E-state index in [-0.39, 0.29) is 29.1 Å². The van der Waals surface area contributed by atoms with Crippen LogP contribution >= 0.6 is 11.6 Å². The minimum atomic E-state index is 0.0413. The minimum Gasteiger partial charge on any atom is -0.353 e. The Balaban J connectivity index is 1.86. The summed E-state index contributed by atoms with van der Waals surface area (Å²) in [5.41, 5.74) is 3.03. The maximum Gasteiger partial charge on any atom is 0.226 e. The van der Waals surface area contributed by atoms with Crippen molar-refractivity contribution in [3.63, 3.8) is 0 Å². The summed E-state index contributed by atoms with van der Waals surface area (Å²) in [6, 6.07) is 0.354. The van der Waals surface area contributed by atoms with Gasteiger partial charge in [-0.3, -0.25) is 15.5 Å². The van der Waals surface area contributed by atoms with Crippen molar-refractivity contribution in [3.05, 3.63) is 11.6 Å². The molecule has 8 nitrogen and oxygen atoms in total. The zero-order chi connectivity index (χ0) is 15.7. The number of anilines is 1. The molecule has 1 fully saturated rings. The number of rotatable bonds is 4. The Morgan fingerprint density at radius 3 is 3.05 bits per heavy atom. The minimum absolute atomic E-state index is 0.0413. The van der Waals surface area contributed by atoms with Crippen LogP contribution in [0.25, 0.3) is 11.2 Å². The van der Waals surface area contributed by atoms with Gasteiger partial charge in [-0.25, -0.2) is 4.98 Å². The van der Waals surface area contributed by atoms with Gasteiger partial charge in [0.25, 0.3) is 0 Å². The lowest BCUT2D eigenvalue weighted by Crippen LogP contribution is -2.32. The van der Waals surface area contributed by atoms with Crippen LogP contribution in [0.4, 0.5) is 5.82 Å². The number of fused-ring (bicyclic) bond motifs is 1. The first kappa shape index (κ1) is 15.0. The number of nitrogens with zero attached hydrogens (tertiary/aromatic N) is 4. The molecule has 2 aromatic heterocycles. The summed E-state index contributed by atoms with van der Waals surface area (Å²) < 4.78 is 1.93. The van der Waals surface area contributed by atoms with Crippen molar-refractivity contribution in [2.45, 2.75) is 44.7 Å². The van der Waals surface area contributed by atoms with Crippen molar-refractivity contribution < 1.29 is 10.0 Å². The first-order chi connectivity index (χ1) is 10.6. The van der Waals surface area contributed by atoms with Gasteiger partial charge in [0.1, 0.15) is 0 Å². The molecule has 22 heavy (non-hydrogen) atoms. The maximum atomic E-state index is 11.5. The van der Waals surface area contributed by atoms with E-state index in [4.69, 9.17) is 16.8 Å². The number of imidazole rings is 1. The standard InChI is InChI=1S/C13H17ClN6O2/c1-2-9(21)16-7-3-4-8(5-7)20-6-15-10-11(19-22)17-13(14)18-12(10)20/h6-8,22H,2-5H2,1H3,(H,16,21)(H,17,18,19)/t7-,8+/m1/s1. The first-order valence-electron chi connectivity index (χ1n) is 7.22. The lowest BCUT2D eigenvalue weighted by atomic mass is 10.2. The van der Waals surface area contributed by atoms with Crippen molar-refractivity contribution in [1.29, 1.82) is 0 Å². The second kappa shape index (κ2) is 6.05. The van der Waals surface area contributed by atoms with Gasteiger partial charge in [-0.1, -0.05) is 6.92 Å². The molecule has 118 valence electrons. The fraction of sp³-hybridized carbons (Fsp3) is 0.538. The molecule has 1 aliphatic carbocycles. The van der Waals surface area contributed by atoms with Gasteiger partial charge in [0.05, 0.1) is 6.33 Å². The summed E-state index contributed by atoms with van der Waals surface area (Å²) >= 11 is 5.88. The number of amides is 1. The summed E-state index contributed by atoms with van der Waals surface area (Å²) in [4.78, 5) is 23.8. The molecule has 0 saturated heterocycles. The summed E-state index contributed by atoms with van der Waals surface area (Å²) in [7, 11) is 0. The highest BCUT2D eigenvalue weighted by Gasteiger charge is 2.28. The summed E-state index contributed by atoms with van der Waals surface area (Å²) in [5.74, 6) is 0.251. The van der Waals surface area contributed by atoms with E-state index < -0.39 is 0 Å². The molecule has 2 atom stereocenters. The Morgan fingerprint density at radius 1 is 1.50 bits per heavy atom. The molecule has 0 radical (unpaired) electrons. The molecule has 1 aliphatic rings. The number of carbonyl (C=O) groups excluding carboxylic acids is 1. The highest BCUT2D eigenvalue weighted by molar-refractivity contribution is 6.28. The lowest BCUT2D eigenvalue weighted by Gasteiger charge is -2.14. The smallest absolute Gasteiger partial charge is 0.226 e. The molecule has 9 heteroatoms. The number of carbonyl (C=O) groups is 1. The molecule has 1 saturated carbocycles. The van der Waals surface area contributed by atoms with Gasteiger partial charge >= 0.3 is 0 Å². The molecule has 0 aliphatic heterocycles. The Bertz CT molecular complexity index is 703. The molecule has 3 N–H and O–H groups in total. The van der Waals surface area contributed by atoms with Crippen LogP contribution in [0.1, 0.15) is 38.6 Å². The largest absolute Gasteiger partial charge is 0.353 e. The fourth-order valence-corrected chi connectivity index (χ4v) is 3.07. The Hall–Kier alpha value is -1.93. The summed E-state index contributed by atoms with van der Waals surface area (Å²) in [5, 5.41) is 12.2. The van der Waals surface area contributed by atoms with Crippen LogP contribution in [-0.4, -0.2) is 36.7 Å². The van der Waals surface area contributed by atoms with Crippen molar-refractivity contribution in [2.75, 3.05) is 5.48 Å². The van der Waals surface area contributed by atoms with Crippen molar-refractivity contribution in [1.82, 2.24) is 24.8 Å². The number of halogens is 1. The second-order valence-electron chi connectivity index (χ2n) is 5.36. The van der Waals surface area contributed by atoms with E-state index in [0.717, 1.165) is 19.3 Å². The van der Waals surface area contributed by atoms with Gasteiger partial charge in [0.15, 0.2) is 17.0 Å². The Kier molecular flexibility index (Phi) is 4.12. The van der Waals surface area contributed by atoms with Crippen molar-refractivity contribution in [2.24, 2.45) is 0 Å². The van der Waals surface area contributed by atoms with Gasteiger partial charge in [0, 0.05) is 18.5 Å². The second-order valence-corrected chi connectivity index (χ2v) is 5.70. The topological polar surface area (TPSA) is 105 Å². The molecule has 0 aromatic carbocycles. The molecule has 0 bridgehead atoms. The van der Waals surface area contributed by atoms with Gasteiger partial charge in [0.2, 0.25) is 11.2 Å². The van der Waals surface area contributed by atoms with Gasteiger partial charge in [-0.05, 0) is 30.9 Å². The number of hydrogen-bond donors (Lipinski definition) is 3. The highest BCUT2D eigenvalue weighted by Crippen LogP contribution is 2.33. The normalized spacial score (nSPS) is 21.2. The van der Waals surface area contributed by atoms with Crippen LogP contribution in [0.15, 0.2) is 6.33 Å². The lowest BCUT2D eigenvalue weighted by molar-refractivity contribution is -0.121. The molecular formula is C13H17ClN6O2. The Morgan fingerprint density at radius 2 is 2.32 bits per heavy atom. The zero-order valence-corrected chi connectivity index (χ0v) is 12.8. The number of nitrogens with one attached hydrogen (secondary N) is 2. The van der Waals surface area contributed by atoms with E-state index >= 15 is 0 Å². The molecule has 1 amide bonds. The monoisotopic (exact) mass is 324 g/mol. The van der Waals surface area contributed by atoms with E-state index in [0.29, 0.717) is 17.6 Å². The molecule has 2 heterocycles. The third-order valence-corrected chi connectivity index (χ3v) is 4.15. The predicted octanol–water partition coefficient (Wildman–Crippen LogP) is 1.90. The summed E-state index contributed by atoms with van der Waals surface area (Å²) in [6.45, 7) is 1.84. The van der Waals surface area contributed by atoms with Crippen molar-refractivity contribution >= 4 is 34.5 Å². The predicted molar refractivity (Wildman–Crippen MR) is 80.9 cm³/mol. The maximum absolute atomic E-state index is 11.5. The van der Waals surface area contributed by atoms with Gasteiger partial charge in [-0.15, -0.1) is 0 Å². The molecule has 0 unspecified atom stereocenters. The average molecular weight is 325 g/mol. The molecular weight excluding hydrogens is 308 g/mol. The third kappa shape index (κ3) is 2.71. The first-order valence-corrected chi connectivity index (χ1v) is 7.59.